The minimum Gasteiger partial charge on any atom is -0.468 e. The first kappa shape index (κ1) is 17.1. The van der Waals surface area contributed by atoms with E-state index < -0.39 is 17.2 Å². The molecule has 0 aliphatic heterocycles. The molecule has 0 aromatic heterocycles. The first-order chi connectivity index (χ1) is 12.6. The summed E-state index contributed by atoms with van der Waals surface area (Å²) >= 11 is 0. The van der Waals surface area contributed by atoms with Gasteiger partial charge in [-0.05, 0) is 34.9 Å². The first-order valence-corrected chi connectivity index (χ1v) is 7.92. The maximum atomic E-state index is 12.7. The molecule has 5 nitrogen and oxygen atoms in total. The van der Waals surface area contributed by atoms with Crippen molar-refractivity contribution in [3.8, 4) is 12.1 Å². The van der Waals surface area contributed by atoms with E-state index in [2.05, 4.69) is 0 Å². The normalized spacial score (nSPS) is 18.2. The fourth-order valence-corrected chi connectivity index (χ4v) is 3.36. The number of ether oxygens (including phenoxy) is 1. The van der Waals surface area contributed by atoms with Crippen LogP contribution in [0.3, 0.4) is 0 Å². The van der Waals surface area contributed by atoms with Crippen molar-refractivity contribution < 1.29 is 14.3 Å². The van der Waals surface area contributed by atoms with Gasteiger partial charge in [-0.15, -0.1) is 0 Å². The lowest BCUT2D eigenvalue weighted by Crippen LogP contribution is -2.38. The molecule has 0 spiro atoms. The highest BCUT2D eigenvalue weighted by atomic mass is 16.5. The summed E-state index contributed by atoms with van der Waals surface area (Å²) in [6.45, 7) is 0. The lowest BCUT2D eigenvalue weighted by atomic mass is 9.72. The average molecular weight is 342 g/mol. The Hall–Kier alpha value is -3.70. The second kappa shape index (κ2) is 6.66. The van der Waals surface area contributed by atoms with E-state index >= 15 is 0 Å². The van der Waals surface area contributed by atoms with Gasteiger partial charge >= 0.3 is 5.97 Å². The van der Waals surface area contributed by atoms with Crippen LogP contribution in [0.25, 0.3) is 16.3 Å². The summed E-state index contributed by atoms with van der Waals surface area (Å²) < 4.78 is 4.88. The van der Waals surface area contributed by atoms with E-state index in [1.54, 1.807) is 18.2 Å². The van der Waals surface area contributed by atoms with Gasteiger partial charge in [0.05, 0.1) is 7.11 Å². The summed E-state index contributed by atoms with van der Waals surface area (Å²) in [5, 5.41) is 20.8. The molecule has 0 bridgehead atoms. The molecule has 0 saturated carbocycles. The van der Waals surface area contributed by atoms with Crippen molar-refractivity contribution >= 4 is 28.1 Å². The van der Waals surface area contributed by atoms with Crippen LogP contribution in [0.4, 0.5) is 0 Å². The van der Waals surface area contributed by atoms with Gasteiger partial charge in [-0.25, -0.2) is 0 Å². The number of carbonyl (C=O) groups is 2. The number of hydrogen-bond acceptors (Lipinski definition) is 5. The van der Waals surface area contributed by atoms with Gasteiger partial charge in [-0.3, -0.25) is 9.59 Å². The second-order valence-electron chi connectivity index (χ2n) is 5.90. The molecule has 0 amide bonds. The van der Waals surface area contributed by atoms with Gasteiger partial charge < -0.3 is 4.74 Å². The number of nitrogens with zero attached hydrogens (tertiary/aromatic N) is 2. The molecule has 1 unspecified atom stereocenters. The third-order valence-corrected chi connectivity index (χ3v) is 4.59. The number of nitriles is 2. The number of carbonyl (C=O) groups excluding carboxylic acids is 2. The minimum atomic E-state index is -1.71. The number of ketones is 1. The van der Waals surface area contributed by atoms with Crippen molar-refractivity contribution in [1.82, 2.24) is 0 Å². The van der Waals surface area contributed by atoms with Crippen molar-refractivity contribution in [2.45, 2.75) is 6.42 Å². The maximum Gasteiger partial charge on any atom is 0.324 e. The molecular weight excluding hydrogens is 328 g/mol. The van der Waals surface area contributed by atoms with Crippen LogP contribution in [-0.2, 0) is 14.3 Å². The van der Waals surface area contributed by atoms with Crippen LogP contribution in [0.1, 0.15) is 12.0 Å². The summed E-state index contributed by atoms with van der Waals surface area (Å²) in [6, 6.07) is 16.5. The summed E-state index contributed by atoms with van der Waals surface area (Å²) in [5.41, 5.74) is -1.42. The van der Waals surface area contributed by atoms with Gasteiger partial charge in [-0.2, -0.15) is 10.5 Å². The Labute approximate surface area is 150 Å². The molecule has 0 radical (unpaired) electrons. The highest BCUT2D eigenvalue weighted by molar-refractivity contribution is 6.21. The molecule has 1 aliphatic rings. The van der Waals surface area contributed by atoms with Gasteiger partial charge in [0.25, 0.3) is 0 Å². The molecule has 1 atom stereocenters. The van der Waals surface area contributed by atoms with Gasteiger partial charge in [0.2, 0.25) is 0 Å². The minimum absolute atomic E-state index is 0.0491. The van der Waals surface area contributed by atoms with Crippen molar-refractivity contribution in [1.29, 1.82) is 10.5 Å². The topological polar surface area (TPSA) is 90.9 Å². The van der Waals surface area contributed by atoms with E-state index in [1.807, 2.05) is 42.5 Å². The largest absolute Gasteiger partial charge is 0.468 e. The maximum absolute atomic E-state index is 12.7. The molecule has 0 fully saturated rings. The van der Waals surface area contributed by atoms with E-state index in [0.29, 0.717) is 5.56 Å². The van der Waals surface area contributed by atoms with E-state index in [9.17, 15) is 20.1 Å². The predicted octanol–water partition coefficient (Wildman–Crippen LogP) is 3.33. The highest BCUT2D eigenvalue weighted by Crippen LogP contribution is 2.46. The van der Waals surface area contributed by atoms with Crippen LogP contribution in [0.2, 0.25) is 0 Å². The number of benzene rings is 2. The molecule has 26 heavy (non-hydrogen) atoms. The average Bonchev–Trinajstić information content (AvgIpc) is 3.06. The van der Waals surface area contributed by atoms with Crippen molar-refractivity contribution in [3.63, 3.8) is 0 Å². The lowest BCUT2D eigenvalue weighted by Gasteiger charge is -2.28. The molecule has 0 saturated heterocycles. The van der Waals surface area contributed by atoms with E-state index in [1.165, 1.54) is 13.2 Å². The van der Waals surface area contributed by atoms with E-state index in [0.717, 1.165) is 10.8 Å². The van der Waals surface area contributed by atoms with Crippen LogP contribution >= 0.6 is 0 Å². The van der Waals surface area contributed by atoms with Crippen LogP contribution in [-0.4, -0.2) is 18.9 Å². The van der Waals surface area contributed by atoms with E-state index in [4.69, 9.17) is 4.74 Å². The van der Waals surface area contributed by atoms with Crippen LogP contribution < -0.4 is 0 Å². The van der Waals surface area contributed by atoms with Crippen LogP contribution in [0.15, 0.2) is 60.2 Å². The van der Waals surface area contributed by atoms with Crippen LogP contribution in [0, 0.1) is 28.1 Å². The summed E-state index contributed by atoms with van der Waals surface area (Å²) in [5.74, 6) is -1.27. The fraction of sp³-hybridized carbons (Fsp3) is 0.143. The smallest absolute Gasteiger partial charge is 0.324 e. The Morgan fingerprint density at radius 3 is 2.38 bits per heavy atom. The molecule has 2 aromatic carbocycles. The second-order valence-corrected chi connectivity index (χ2v) is 5.90. The predicted molar refractivity (Wildman–Crippen MR) is 95.3 cm³/mol. The van der Waals surface area contributed by atoms with Gasteiger partial charge in [0.15, 0.2) is 11.2 Å². The molecule has 1 aliphatic carbocycles. The van der Waals surface area contributed by atoms with Gasteiger partial charge in [-0.1, -0.05) is 42.5 Å². The Morgan fingerprint density at radius 2 is 1.81 bits per heavy atom. The molecule has 126 valence electrons. The number of allylic oxidation sites excluding steroid dienone is 3. The number of esters is 1. The molecule has 2 aromatic rings. The van der Waals surface area contributed by atoms with Gasteiger partial charge in [0, 0.05) is 5.57 Å². The van der Waals surface area contributed by atoms with Crippen molar-refractivity contribution in [2.24, 2.45) is 5.41 Å². The third-order valence-electron chi connectivity index (χ3n) is 4.59. The van der Waals surface area contributed by atoms with Crippen molar-refractivity contribution in [2.75, 3.05) is 7.11 Å². The Bertz CT molecular complexity index is 1050. The lowest BCUT2D eigenvalue weighted by molar-refractivity contribution is -0.151. The number of hydrogen-bond donors (Lipinski definition) is 0. The zero-order valence-electron chi connectivity index (χ0n) is 14.0. The standard InChI is InChI=1S/C21H14N2O3/c1-26-20(25)21(10-4-7-18(21)24)19(17(12-22)13-23)16-9-8-14-5-2-3-6-15(14)11-16/h2-9,11H,10H2,1H3. The first-order valence-electron chi connectivity index (χ1n) is 7.92. The molecule has 5 heteroatoms. The van der Waals surface area contributed by atoms with Crippen LogP contribution in [0.5, 0.6) is 0 Å². The molecule has 0 heterocycles. The zero-order valence-corrected chi connectivity index (χ0v) is 14.0. The summed E-state index contributed by atoms with van der Waals surface area (Å²) in [7, 11) is 1.19. The Balaban J connectivity index is 2.35. The summed E-state index contributed by atoms with van der Waals surface area (Å²) in [6.07, 6.45) is 2.91. The monoisotopic (exact) mass is 342 g/mol. The Morgan fingerprint density at radius 1 is 1.12 bits per heavy atom. The van der Waals surface area contributed by atoms with Gasteiger partial charge in [0.1, 0.15) is 17.7 Å². The number of rotatable bonds is 3. The Kier molecular flexibility index (Phi) is 4.39. The number of methoxy groups -OCH3 is 1. The van der Waals surface area contributed by atoms with E-state index in [-0.39, 0.29) is 17.6 Å². The third kappa shape index (κ3) is 2.47. The zero-order chi connectivity index (χ0) is 18.7. The highest BCUT2D eigenvalue weighted by Gasteiger charge is 2.52. The molecule has 3 rings (SSSR count). The SMILES string of the molecule is COC(=O)C1(C(=C(C#N)C#N)c2ccc3ccccc3c2)CC=CC1=O. The quantitative estimate of drug-likeness (QED) is 0.485. The van der Waals surface area contributed by atoms with Crippen molar-refractivity contribution in [3.05, 3.63) is 65.8 Å². The fourth-order valence-electron chi connectivity index (χ4n) is 3.36. The molecular formula is C21H14N2O3. The summed E-state index contributed by atoms with van der Waals surface area (Å²) in [4.78, 5) is 25.3. The number of fused-ring (bicyclic) bond motifs is 1. The molecule has 0 N–H and O–H groups in total.